The van der Waals surface area contributed by atoms with E-state index >= 15 is 0 Å². The van der Waals surface area contributed by atoms with Crippen molar-refractivity contribution >= 4 is 21.8 Å². The first-order valence-electron chi connectivity index (χ1n) is 6.18. The number of hydrogen-bond acceptors (Lipinski definition) is 4. The molecule has 0 saturated carbocycles. The summed E-state index contributed by atoms with van der Waals surface area (Å²) < 4.78 is 26.1. The smallest absolute Gasteiger partial charge is 0.213 e. The fourth-order valence-corrected chi connectivity index (χ4v) is 3.36. The van der Waals surface area contributed by atoms with Gasteiger partial charge in [0.05, 0.1) is 5.75 Å². The van der Waals surface area contributed by atoms with E-state index in [4.69, 9.17) is 0 Å². The van der Waals surface area contributed by atoms with E-state index in [0.29, 0.717) is 12.6 Å². The highest BCUT2D eigenvalue weighted by Gasteiger charge is 2.13. The van der Waals surface area contributed by atoms with Crippen molar-refractivity contribution in [2.24, 2.45) is 0 Å². The third-order valence-corrected chi connectivity index (χ3v) is 4.64. The lowest BCUT2D eigenvalue weighted by atomic mass is 10.3. The Morgan fingerprint density at radius 1 is 1.24 bits per heavy atom. The molecule has 6 heteroatoms. The molecule has 0 aromatic rings. The Morgan fingerprint density at radius 2 is 1.88 bits per heavy atom. The van der Waals surface area contributed by atoms with E-state index in [1.54, 1.807) is 0 Å². The molecule has 104 valence electrons. The van der Waals surface area contributed by atoms with E-state index in [1.807, 2.05) is 32.5 Å². The van der Waals surface area contributed by atoms with Gasteiger partial charge in [0.15, 0.2) is 0 Å². The van der Waals surface area contributed by atoms with Gasteiger partial charge in [0.2, 0.25) is 10.0 Å². The van der Waals surface area contributed by atoms with Gasteiger partial charge in [-0.05, 0) is 24.9 Å². The van der Waals surface area contributed by atoms with Gasteiger partial charge in [-0.3, -0.25) is 0 Å². The zero-order chi connectivity index (χ0) is 13.3. The van der Waals surface area contributed by atoms with Crippen LogP contribution in [0.2, 0.25) is 0 Å². The summed E-state index contributed by atoms with van der Waals surface area (Å²) >= 11 is 1.84. The molecule has 0 radical (unpaired) electrons. The summed E-state index contributed by atoms with van der Waals surface area (Å²) in [6.45, 7) is 8.54. The molecule has 0 bridgehead atoms. The SMILES string of the molecule is CCSCCC(C)NS(=O)(=O)CCNC(C)C. The van der Waals surface area contributed by atoms with Crippen molar-refractivity contribution in [1.29, 1.82) is 0 Å². The predicted molar refractivity (Wildman–Crippen MR) is 77.1 cm³/mol. The van der Waals surface area contributed by atoms with Crippen molar-refractivity contribution in [1.82, 2.24) is 10.0 Å². The summed E-state index contributed by atoms with van der Waals surface area (Å²) in [6, 6.07) is 0.349. The van der Waals surface area contributed by atoms with Crippen LogP contribution in [0.4, 0.5) is 0 Å². The molecule has 1 atom stereocenters. The van der Waals surface area contributed by atoms with Crippen LogP contribution >= 0.6 is 11.8 Å². The van der Waals surface area contributed by atoms with Crippen LogP contribution in [-0.4, -0.2) is 44.3 Å². The normalized spacial score (nSPS) is 14.2. The molecule has 0 aliphatic heterocycles. The molecule has 0 aromatic heterocycles. The quantitative estimate of drug-likeness (QED) is 0.595. The average Bonchev–Trinajstić information content (AvgIpc) is 2.16. The lowest BCUT2D eigenvalue weighted by Crippen LogP contribution is -2.38. The lowest BCUT2D eigenvalue weighted by Gasteiger charge is -2.14. The molecule has 2 N–H and O–H groups in total. The van der Waals surface area contributed by atoms with Crippen LogP contribution in [0, 0.1) is 0 Å². The maximum Gasteiger partial charge on any atom is 0.213 e. The topological polar surface area (TPSA) is 58.2 Å². The highest BCUT2D eigenvalue weighted by molar-refractivity contribution is 7.99. The second-order valence-corrected chi connectivity index (χ2v) is 7.70. The number of sulfonamides is 1. The van der Waals surface area contributed by atoms with Gasteiger partial charge in [-0.25, -0.2) is 13.1 Å². The van der Waals surface area contributed by atoms with Gasteiger partial charge >= 0.3 is 0 Å². The van der Waals surface area contributed by atoms with Crippen LogP contribution in [0.25, 0.3) is 0 Å². The van der Waals surface area contributed by atoms with Crippen molar-refractivity contribution in [3.8, 4) is 0 Å². The molecule has 4 nitrogen and oxygen atoms in total. The van der Waals surface area contributed by atoms with Crippen molar-refractivity contribution in [3.05, 3.63) is 0 Å². The molecule has 1 unspecified atom stereocenters. The standard InChI is InChI=1S/C11H26N2O2S2/c1-5-16-8-6-11(4)13-17(14,15)9-7-12-10(2)3/h10-13H,5-9H2,1-4H3. The van der Waals surface area contributed by atoms with Crippen LogP contribution in [-0.2, 0) is 10.0 Å². The number of thioether (sulfide) groups is 1. The maximum atomic E-state index is 11.7. The molecule has 0 aliphatic carbocycles. The van der Waals surface area contributed by atoms with Gasteiger partial charge in [-0.2, -0.15) is 11.8 Å². The van der Waals surface area contributed by atoms with Crippen LogP contribution < -0.4 is 10.0 Å². The van der Waals surface area contributed by atoms with E-state index < -0.39 is 10.0 Å². The minimum atomic E-state index is -3.14. The summed E-state index contributed by atoms with van der Waals surface area (Å²) in [4.78, 5) is 0. The van der Waals surface area contributed by atoms with Crippen molar-refractivity contribution in [2.45, 2.75) is 46.2 Å². The van der Waals surface area contributed by atoms with Gasteiger partial charge in [-0.15, -0.1) is 0 Å². The summed E-state index contributed by atoms with van der Waals surface area (Å²) in [7, 11) is -3.14. The van der Waals surface area contributed by atoms with E-state index in [2.05, 4.69) is 17.0 Å². The first kappa shape index (κ1) is 17.2. The molecule has 0 spiro atoms. The zero-order valence-corrected chi connectivity index (χ0v) is 13.0. The van der Waals surface area contributed by atoms with Gasteiger partial charge < -0.3 is 5.32 Å². The average molecular weight is 282 g/mol. The number of rotatable bonds is 10. The molecule has 17 heavy (non-hydrogen) atoms. The zero-order valence-electron chi connectivity index (χ0n) is 11.3. The van der Waals surface area contributed by atoms with Crippen molar-refractivity contribution in [3.63, 3.8) is 0 Å². The highest BCUT2D eigenvalue weighted by atomic mass is 32.2. The molecular weight excluding hydrogens is 256 g/mol. The Morgan fingerprint density at radius 3 is 2.41 bits per heavy atom. The first-order chi connectivity index (χ1) is 7.87. The Hall–Kier alpha value is 0.220. The largest absolute Gasteiger partial charge is 0.313 e. The molecular formula is C11H26N2O2S2. The third-order valence-electron chi connectivity index (χ3n) is 2.20. The van der Waals surface area contributed by atoms with E-state index in [-0.39, 0.29) is 11.8 Å². The monoisotopic (exact) mass is 282 g/mol. The van der Waals surface area contributed by atoms with Gasteiger partial charge in [0.25, 0.3) is 0 Å². The summed E-state index contributed by atoms with van der Waals surface area (Å²) in [5.41, 5.74) is 0. The van der Waals surface area contributed by atoms with Crippen molar-refractivity contribution in [2.75, 3.05) is 23.8 Å². The summed E-state index contributed by atoms with van der Waals surface area (Å²) in [6.07, 6.45) is 0.884. The molecule has 0 aliphatic rings. The van der Waals surface area contributed by atoms with Gasteiger partial charge in [-0.1, -0.05) is 20.8 Å². The van der Waals surface area contributed by atoms with Crippen molar-refractivity contribution < 1.29 is 8.42 Å². The molecule has 0 heterocycles. The second kappa shape index (κ2) is 9.19. The third kappa shape index (κ3) is 11.1. The maximum absolute atomic E-state index is 11.7. The first-order valence-corrected chi connectivity index (χ1v) is 8.99. The fraction of sp³-hybridized carbons (Fsp3) is 1.00. The Balaban J connectivity index is 3.82. The molecule has 0 fully saturated rings. The molecule has 0 saturated heterocycles. The van der Waals surface area contributed by atoms with E-state index in [0.717, 1.165) is 17.9 Å². The van der Waals surface area contributed by atoms with E-state index in [1.165, 1.54) is 0 Å². The highest BCUT2D eigenvalue weighted by Crippen LogP contribution is 2.04. The molecule has 0 rings (SSSR count). The lowest BCUT2D eigenvalue weighted by molar-refractivity contribution is 0.547. The van der Waals surface area contributed by atoms with Gasteiger partial charge in [0.1, 0.15) is 0 Å². The van der Waals surface area contributed by atoms with Crippen LogP contribution in [0.15, 0.2) is 0 Å². The number of hydrogen-bond donors (Lipinski definition) is 2. The Bertz CT molecular complexity index is 279. The minimum absolute atomic E-state index is 0.0260. The fourth-order valence-electron chi connectivity index (χ4n) is 1.31. The number of nitrogens with one attached hydrogen (secondary N) is 2. The Kier molecular flexibility index (Phi) is 9.31. The minimum Gasteiger partial charge on any atom is -0.313 e. The Labute approximate surface area is 110 Å². The van der Waals surface area contributed by atoms with Crippen LogP contribution in [0.3, 0.4) is 0 Å². The summed E-state index contributed by atoms with van der Waals surface area (Å²) in [5.74, 6) is 2.23. The predicted octanol–water partition coefficient (Wildman–Crippen LogP) is 1.44. The molecule has 0 amide bonds. The van der Waals surface area contributed by atoms with E-state index in [9.17, 15) is 8.42 Å². The van der Waals surface area contributed by atoms with Crippen LogP contribution in [0.1, 0.15) is 34.1 Å². The van der Waals surface area contributed by atoms with Crippen LogP contribution in [0.5, 0.6) is 0 Å². The molecule has 0 aromatic carbocycles. The van der Waals surface area contributed by atoms with Gasteiger partial charge in [0, 0.05) is 18.6 Å². The second-order valence-electron chi connectivity index (χ2n) is 4.43. The summed E-state index contributed by atoms with van der Waals surface area (Å²) in [5, 5.41) is 3.10.